The largest absolute Gasteiger partial charge is 0.472 e. The average molecular weight is 821 g/mol. The van der Waals surface area contributed by atoms with Crippen LogP contribution in [0.5, 0.6) is 0 Å². The second-order valence-corrected chi connectivity index (χ2v) is 16.6. The maximum atomic E-state index is 12.8. The maximum Gasteiger partial charge on any atom is 0.472 e. The van der Waals surface area contributed by atoms with Gasteiger partial charge in [-0.25, -0.2) is 4.57 Å². The molecule has 0 aromatic heterocycles. The first kappa shape index (κ1) is 52.3. The molecule has 0 aromatic carbocycles. The number of carbonyl (C=O) groups is 2. The van der Waals surface area contributed by atoms with E-state index in [0.717, 1.165) is 38.5 Å². The molecule has 56 heavy (non-hydrogen) atoms. The van der Waals surface area contributed by atoms with Crippen molar-refractivity contribution in [3.05, 3.63) is 24.3 Å². The highest BCUT2D eigenvalue weighted by atomic mass is 31.2. The molecule has 0 aliphatic heterocycles. The lowest BCUT2D eigenvalue weighted by atomic mass is 9.85. The summed E-state index contributed by atoms with van der Waals surface area (Å²) in [6.07, 6.45) is 21.2. The second kappa shape index (κ2) is 33.2. The number of allylic oxidation sites excluding steroid dienone is 4. The van der Waals surface area contributed by atoms with Gasteiger partial charge in [-0.05, 0) is 38.5 Å². The lowest BCUT2D eigenvalue weighted by Crippen LogP contribution is -2.64. The van der Waals surface area contributed by atoms with Crippen LogP contribution in [-0.4, -0.2) is 98.3 Å². The van der Waals surface area contributed by atoms with E-state index in [9.17, 15) is 44.6 Å². The highest BCUT2D eigenvalue weighted by Gasteiger charge is 2.51. The van der Waals surface area contributed by atoms with Crippen molar-refractivity contribution in [2.45, 2.75) is 217 Å². The number of phosphoric ester groups is 1. The minimum atomic E-state index is -5.12. The molecule has 1 aliphatic rings. The van der Waals surface area contributed by atoms with Crippen LogP contribution >= 0.6 is 7.82 Å². The summed E-state index contributed by atoms with van der Waals surface area (Å²) >= 11 is 0. The molecule has 8 atom stereocenters. The number of aliphatic hydroxyl groups is 5. The Bertz CT molecular complexity index is 1090. The molecule has 0 heterocycles. The third kappa shape index (κ3) is 25.6. The summed E-state index contributed by atoms with van der Waals surface area (Å²) in [5, 5.41) is 50.0. The molecular formula is C42H77O13P. The summed E-state index contributed by atoms with van der Waals surface area (Å²) in [5.41, 5.74) is 0. The van der Waals surface area contributed by atoms with Crippen LogP contribution < -0.4 is 0 Å². The molecule has 1 aliphatic carbocycles. The SMILES string of the molecule is CCCCCCCCCCC/C=C/C/C=C/CCCC(=O)OC[C@@H](COP(=O)(O)OC1C(O)C(O)C(O)[C@H](O)C1O)OC(=O)CCCCCCCCCCCC. The van der Waals surface area contributed by atoms with E-state index in [1.807, 2.05) is 6.08 Å². The Balaban J connectivity index is 2.49. The van der Waals surface area contributed by atoms with Crippen molar-refractivity contribution in [1.82, 2.24) is 0 Å². The molecule has 0 spiro atoms. The van der Waals surface area contributed by atoms with Crippen molar-refractivity contribution in [1.29, 1.82) is 0 Å². The normalized spacial score (nSPS) is 23.1. The van der Waals surface area contributed by atoms with Crippen molar-refractivity contribution < 1.29 is 63.1 Å². The van der Waals surface area contributed by atoms with E-state index < -0.39 is 75.7 Å². The smallest absolute Gasteiger partial charge is 0.462 e. The fraction of sp³-hybridized carbons (Fsp3) is 0.857. The highest BCUT2D eigenvalue weighted by molar-refractivity contribution is 7.47. The Hall–Kier alpha value is -1.67. The first-order chi connectivity index (χ1) is 26.9. The third-order valence-electron chi connectivity index (χ3n) is 10.0. The van der Waals surface area contributed by atoms with Gasteiger partial charge in [0.05, 0.1) is 6.61 Å². The monoisotopic (exact) mass is 821 g/mol. The van der Waals surface area contributed by atoms with Gasteiger partial charge in [-0.1, -0.05) is 147 Å². The zero-order valence-electron chi connectivity index (χ0n) is 34.4. The van der Waals surface area contributed by atoms with Gasteiger partial charge >= 0.3 is 19.8 Å². The molecule has 6 unspecified atom stereocenters. The van der Waals surface area contributed by atoms with Gasteiger partial charge in [0.15, 0.2) is 6.10 Å². The van der Waals surface area contributed by atoms with Crippen LogP contribution in [0.4, 0.5) is 0 Å². The van der Waals surface area contributed by atoms with E-state index in [1.54, 1.807) is 0 Å². The first-order valence-corrected chi connectivity index (χ1v) is 23.1. The number of ether oxygens (including phenoxy) is 2. The van der Waals surface area contributed by atoms with E-state index in [1.165, 1.54) is 89.9 Å². The topological polar surface area (TPSA) is 210 Å². The standard InChI is InChI=1S/C42H77O13P/c1-3-5-7-9-11-13-15-16-17-18-19-20-21-23-24-26-28-30-35(43)52-32-34(54-36(44)31-29-27-25-22-14-12-10-8-6-4-2)33-53-56(50,51)55-42-40(48)38(46)37(45)39(47)41(42)49/h19-20,23-24,34,37-42,45-49H,3-18,21-22,25-33H2,1-2H3,(H,50,51)/b20-19+,24-23+/t34-,37?,38-,39?,40?,41?,42?/m0/s1. The molecule has 1 fully saturated rings. The van der Waals surface area contributed by atoms with Crippen LogP contribution in [0.25, 0.3) is 0 Å². The molecule has 328 valence electrons. The van der Waals surface area contributed by atoms with Crippen LogP contribution in [0.15, 0.2) is 24.3 Å². The van der Waals surface area contributed by atoms with E-state index in [4.69, 9.17) is 18.5 Å². The molecule has 13 nitrogen and oxygen atoms in total. The predicted octanol–water partition coefficient (Wildman–Crippen LogP) is 7.67. The zero-order chi connectivity index (χ0) is 41.4. The molecule has 0 saturated heterocycles. The molecule has 6 N–H and O–H groups in total. The van der Waals surface area contributed by atoms with Gasteiger partial charge < -0.3 is 39.9 Å². The number of hydrogen-bond acceptors (Lipinski definition) is 12. The maximum absolute atomic E-state index is 12.8. The Labute approximate surface area is 336 Å². The van der Waals surface area contributed by atoms with Crippen molar-refractivity contribution in [2.75, 3.05) is 13.2 Å². The lowest BCUT2D eigenvalue weighted by molar-refractivity contribution is -0.220. The first-order valence-electron chi connectivity index (χ1n) is 21.6. The summed E-state index contributed by atoms with van der Waals surface area (Å²) < 4.78 is 33.3. The summed E-state index contributed by atoms with van der Waals surface area (Å²) in [6, 6.07) is 0. The molecule has 0 amide bonds. The molecule has 14 heteroatoms. The number of rotatable bonds is 35. The van der Waals surface area contributed by atoms with Crippen LogP contribution in [0.2, 0.25) is 0 Å². The molecule has 1 saturated carbocycles. The zero-order valence-corrected chi connectivity index (χ0v) is 35.3. The number of phosphoric acid groups is 1. The van der Waals surface area contributed by atoms with Gasteiger partial charge in [-0.2, -0.15) is 0 Å². The van der Waals surface area contributed by atoms with Crippen LogP contribution in [0.3, 0.4) is 0 Å². The Kier molecular flexibility index (Phi) is 31.0. The van der Waals surface area contributed by atoms with Gasteiger partial charge in [0.25, 0.3) is 0 Å². The Morgan fingerprint density at radius 3 is 1.50 bits per heavy atom. The Morgan fingerprint density at radius 1 is 0.554 bits per heavy atom. The Morgan fingerprint density at radius 2 is 0.982 bits per heavy atom. The number of hydrogen-bond donors (Lipinski definition) is 6. The third-order valence-corrected chi connectivity index (χ3v) is 11.0. The number of esters is 2. The van der Waals surface area contributed by atoms with Crippen molar-refractivity contribution >= 4 is 19.8 Å². The van der Waals surface area contributed by atoms with Crippen molar-refractivity contribution in [2.24, 2.45) is 0 Å². The molecule has 0 bridgehead atoms. The van der Waals surface area contributed by atoms with Crippen molar-refractivity contribution in [3.63, 3.8) is 0 Å². The lowest BCUT2D eigenvalue weighted by Gasteiger charge is -2.41. The molecular weight excluding hydrogens is 743 g/mol. The summed E-state index contributed by atoms with van der Waals surface area (Å²) in [7, 11) is -5.12. The van der Waals surface area contributed by atoms with Gasteiger partial charge in [-0.15, -0.1) is 0 Å². The fourth-order valence-corrected chi connectivity index (χ4v) is 7.48. The second-order valence-electron chi connectivity index (χ2n) is 15.2. The van der Waals surface area contributed by atoms with Gasteiger partial charge in [0.1, 0.15) is 43.2 Å². The number of carbonyl (C=O) groups excluding carboxylic acids is 2. The highest BCUT2D eigenvalue weighted by Crippen LogP contribution is 2.47. The molecule has 0 radical (unpaired) electrons. The number of unbranched alkanes of at least 4 members (excludes halogenated alkanes) is 19. The van der Waals surface area contributed by atoms with Crippen LogP contribution in [0.1, 0.15) is 174 Å². The minimum Gasteiger partial charge on any atom is -0.462 e. The van der Waals surface area contributed by atoms with E-state index in [-0.39, 0.29) is 12.8 Å². The fourth-order valence-electron chi connectivity index (χ4n) is 6.50. The molecule has 1 rings (SSSR count). The summed E-state index contributed by atoms with van der Waals surface area (Å²) in [4.78, 5) is 35.5. The predicted molar refractivity (Wildman–Crippen MR) is 217 cm³/mol. The number of aliphatic hydroxyl groups excluding tert-OH is 5. The van der Waals surface area contributed by atoms with E-state index in [0.29, 0.717) is 19.3 Å². The van der Waals surface area contributed by atoms with E-state index >= 15 is 0 Å². The van der Waals surface area contributed by atoms with E-state index in [2.05, 4.69) is 32.1 Å². The summed E-state index contributed by atoms with van der Waals surface area (Å²) in [5.74, 6) is -1.15. The average Bonchev–Trinajstić information content (AvgIpc) is 3.18. The van der Waals surface area contributed by atoms with Gasteiger partial charge in [0.2, 0.25) is 0 Å². The van der Waals surface area contributed by atoms with Gasteiger partial charge in [-0.3, -0.25) is 18.6 Å². The minimum absolute atomic E-state index is 0.0908. The molecule has 0 aromatic rings. The van der Waals surface area contributed by atoms with Crippen LogP contribution in [-0.2, 0) is 32.7 Å². The van der Waals surface area contributed by atoms with Crippen molar-refractivity contribution in [3.8, 4) is 0 Å². The summed E-state index contributed by atoms with van der Waals surface area (Å²) in [6.45, 7) is 3.23. The quantitative estimate of drug-likeness (QED) is 0.0157. The van der Waals surface area contributed by atoms with Gasteiger partial charge in [0, 0.05) is 12.8 Å². The van der Waals surface area contributed by atoms with Crippen LogP contribution in [0, 0.1) is 0 Å².